The van der Waals surface area contributed by atoms with Crippen LogP contribution in [0, 0.1) is 5.92 Å². The summed E-state index contributed by atoms with van der Waals surface area (Å²) in [5.41, 5.74) is 1.46. The standard InChI is InChI=1S/C18H30N2/c1-6-14(2)16(4)20-13-18(5,19-12-15(20)3)17-10-8-7-9-11-17/h7-11,14-16,19H,6,12-13H2,1-5H3. The van der Waals surface area contributed by atoms with Gasteiger partial charge in [-0.15, -0.1) is 0 Å². The average molecular weight is 274 g/mol. The molecule has 112 valence electrons. The third-order valence-electron chi connectivity index (χ3n) is 5.25. The van der Waals surface area contributed by atoms with Crippen molar-refractivity contribution in [2.24, 2.45) is 5.92 Å². The van der Waals surface area contributed by atoms with Crippen LogP contribution in [0.2, 0.25) is 0 Å². The Morgan fingerprint density at radius 3 is 2.55 bits per heavy atom. The second-order valence-corrected chi connectivity index (χ2v) is 6.73. The third kappa shape index (κ3) is 3.07. The van der Waals surface area contributed by atoms with Crippen LogP contribution < -0.4 is 5.32 Å². The molecule has 1 aliphatic heterocycles. The molecule has 0 radical (unpaired) electrons. The number of hydrogen-bond donors (Lipinski definition) is 1. The minimum absolute atomic E-state index is 0.0650. The summed E-state index contributed by atoms with van der Waals surface area (Å²) in [4.78, 5) is 2.69. The monoisotopic (exact) mass is 274 g/mol. The van der Waals surface area contributed by atoms with Gasteiger partial charge < -0.3 is 5.32 Å². The van der Waals surface area contributed by atoms with Gasteiger partial charge in [0.05, 0.1) is 5.54 Å². The number of nitrogens with one attached hydrogen (secondary N) is 1. The number of nitrogens with zero attached hydrogens (tertiary/aromatic N) is 1. The van der Waals surface area contributed by atoms with Crippen LogP contribution in [0.15, 0.2) is 30.3 Å². The average Bonchev–Trinajstić information content (AvgIpc) is 2.49. The smallest absolute Gasteiger partial charge is 0.0535 e. The molecule has 1 saturated heterocycles. The molecular formula is C18H30N2. The van der Waals surface area contributed by atoms with Crippen molar-refractivity contribution in [2.45, 2.75) is 58.7 Å². The summed E-state index contributed by atoms with van der Waals surface area (Å²) in [5, 5.41) is 3.76. The van der Waals surface area contributed by atoms with Gasteiger partial charge in [-0.1, -0.05) is 50.6 Å². The third-order valence-corrected chi connectivity index (χ3v) is 5.25. The fraction of sp³-hybridized carbons (Fsp3) is 0.667. The fourth-order valence-corrected chi connectivity index (χ4v) is 3.28. The molecule has 1 heterocycles. The zero-order valence-corrected chi connectivity index (χ0v) is 13.7. The van der Waals surface area contributed by atoms with Gasteiger partial charge in [-0.25, -0.2) is 0 Å². The van der Waals surface area contributed by atoms with Gasteiger partial charge in [0, 0.05) is 25.2 Å². The summed E-state index contributed by atoms with van der Waals surface area (Å²) < 4.78 is 0. The zero-order valence-electron chi connectivity index (χ0n) is 13.7. The number of piperazine rings is 1. The SMILES string of the molecule is CCC(C)C(C)N1CC(C)(c2ccccc2)NCC1C. The molecule has 1 aliphatic rings. The lowest BCUT2D eigenvalue weighted by Crippen LogP contribution is -2.63. The lowest BCUT2D eigenvalue weighted by Gasteiger charge is -2.49. The van der Waals surface area contributed by atoms with Gasteiger partial charge in [0.1, 0.15) is 0 Å². The molecular weight excluding hydrogens is 244 g/mol. The van der Waals surface area contributed by atoms with E-state index in [0.29, 0.717) is 12.1 Å². The maximum Gasteiger partial charge on any atom is 0.0535 e. The molecule has 0 spiro atoms. The molecule has 4 unspecified atom stereocenters. The van der Waals surface area contributed by atoms with Gasteiger partial charge in [0.25, 0.3) is 0 Å². The van der Waals surface area contributed by atoms with Crippen LogP contribution in [-0.2, 0) is 5.54 Å². The van der Waals surface area contributed by atoms with Crippen LogP contribution in [0.5, 0.6) is 0 Å². The first-order chi connectivity index (χ1) is 9.48. The summed E-state index contributed by atoms with van der Waals surface area (Å²) in [6.07, 6.45) is 1.25. The quantitative estimate of drug-likeness (QED) is 0.902. The maximum atomic E-state index is 3.76. The molecule has 0 aliphatic carbocycles. The molecule has 1 aromatic rings. The van der Waals surface area contributed by atoms with E-state index in [1.807, 2.05) is 0 Å². The van der Waals surface area contributed by atoms with Gasteiger partial charge in [0.15, 0.2) is 0 Å². The lowest BCUT2D eigenvalue weighted by molar-refractivity contribution is 0.0391. The van der Waals surface area contributed by atoms with Crippen LogP contribution in [0.25, 0.3) is 0 Å². The van der Waals surface area contributed by atoms with E-state index in [0.717, 1.165) is 19.0 Å². The normalized spacial score (nSPS) is 30.9. The second-order valence-electron chi connectivity index (χ2n) is 6.73. The van der Waals surface area contributed by atoms with Crippen molar-refractivity contribution < 1.29 is 0 Å². The number of rotatable bonds is 4. The molecule has 1 aromatic carbocycles. The predicted octanol–water partition coefficient (Wildman–Crippen LogP) is 3.63. The first kappa shape index (κ1) is 15.5. The predicted molar refractivity (Wildman–Crippen MR) is 86.9 cm³/mol. The maximum absolute atomic E-state index is 3.76. The van der Waals surface area contributed by atoms with E-state index in [2.05, 4.69) is 75.2 Å². The van der Waals surface area contributed by atoms with Crippen molar-refractivity contribution in [2.75, 3.05) is 13.1 Å². The Morgan fingerprint density at radius 1 is 1.30 bits per heavy atom. The zero-order chi connectivity index (χ0) is 14.8. The topological polar surface area (TPSA) is 15.3 Å². The molecule has 20 heavy (non-hydrogen) atoms. The van der Waals surface area contributed by atoms with E-state index < -0.39 is 0 Å². The van der Waals surface area contributed by atoms with Crippen molar-refractivity contribution in [3.63, 3.8) is 0 Å². The fourth-order valence-electron chi connectivity index (χ4n) is 3.28. The van der Waals surface area contributed by atoms with Crippen LogP contribution in [0.4, 0.5) is 0 Å². The highest BCUT2D eigenvalue weighted by Crippen LogP contribution is 2.29. The van der Waals surface area contributed by atoms with Gasteiger partial charge >= 0.3 is 0 Å². The highest BCUT2D eigenvalue weighted by Gasteiger charge is 2.37. The Bertz CT molecular complexity index is 417. The van der Waals surface area contributed by atoms with E-state index in [4.69, 9.17) is 0 Å². The first-order valence-corrected chi connectivity index (χ1v) is 8.04. The van der Waals surface area contributed by atoms with Gasteiger partial charge in [0.2, 0.25) is 0 Å². The summed E-state index contributed by atoms with van der Waals surface area (Å²) >= 11 is 0. The van der Waals surface area contributed by atoms with Crippen molar-refractivity contribution in [3.8, 4) is 0 Å². The Hall–Kier alpha value is -0.860. The molecule has 1 fully saturated rings. The van der Waals surface area contributed by atoms with Crippen molar-refractivity contribution in [3.05, 3.63) is 35.9 Å². The van der Waals surface area contributed by atoms with E-state index in [1.54, 1.807) is 0 Å². The van der Waals surface area contributed by atoms with Crippen molar-refractivity contribution >= 4 is 0 Å². The van der Waals surface area contributed by atoms with Gasteiger partial charge in [-0.2, -0.15) is 0 Å². The molecule has 2 rings (SSSR count). The van der Waals surface area contributed by atoms with Crippen molar-refractivity contribution in [1.82, 2.24) is 10.2 Å². The minimum Gasteiger partial charge on any atom is -0.305 e. The van der Waals surface area contributed by atoms with E-state index >= 15 is 0 Å². The van der Waals surface area contributed by atoms with Crippen molar-refractivity contribution in [1.29, 1.82) is 0 Å². The molecule has 0 saturated carbocycles. The highest BCUT2D eigenvalue weighted by atomic mass is 15.3. The molecule has 2 heteroatoms. The van der Waals surface area contributed by atoms with Crippen LogP contribution >= 0.6 is 0 Å². The lowest BCUT2D eigenvalue weighted by atomic mass is 9.86. The van der Waals surface area contributed by atoms with Gasteiger partial charge in [-0.3, -0.25) is 4.90 Å². The van der Waals surface area contributed by atoms with E-state index in [9.17, 15) is 0 Å². The number of hydrogen-bond acceptors (Lipinski definition) is 2. The van der Waals surface area contributed by atoms with Gasteiger partial charge in [-0.05, 0) is 32.3 Å². The van der Waals surface area contributed by atoms with Crippen LogP contribution in [0.1, 0.15) is 46.6 Å². The molecule has 0 bridgehead atoms. The summed E-state index contributed by atoms with van der Waals surface area (Å²) in [6, 6.07) is 12.1. The minimum atomic E-state index is 0.0650. The summed E-state index contributed by atoms with van der Waals surface area (Å²) in [5.74, 6) is 0.746. The van der Waals surface area contributed by atoms with Crippen LogP contribution in [0.3, 0.4) is 0 Å². The molecule has 4 atom stereocenters. The second kappa shape index (κ2) is 6.28. The largest absolute Gasteiger partial charge is 0.305 e. The first-order valence-electron chi connectivity index (χ1n) is 8.04. The molecule has 2 nitrogen and oxygen atoms in total. The molecule has 0 amide bonds. The Balaban J connectivity index is 2.19. The van der Waals surface area contributed by atoms with E-state index in [1.165, 1.54) is 12.0 Å². The Morgan fingerprint density at radius 2 is 1.95 bits per heavy atom. The van der Waals surface area contributed by atoms with E-state index in [-0.39, 0.29) is 5.54 Å². The summed E-state index contributed by atoms with van der Waals surface area (Å²) in [6.45, 7) is 13.9. The Kier molecular flexibility index (Phi) is 4.87. The number of benzene rings is 1. The highest BCUT2D eigenvalue weighted by molar-refractivity contribution is 5.25. The van der Waals surface area contributed by atoms with Crippen LogP contribution in [-0.4, -0.2) is 30.1 Å². The Labute approximate surface area is 124 Å². The molecule has 1 N–H and O–H groups in total. The molecule has 0 aromatic heterocycles. The summed E-state index contributed by atoms with van der Waals surface area (Å²) in [7, 11) is 0.